The van der Waals surface area contributed by atoms with Gasteiger partial charge in [0.25, 0.3) is 5.91 Å². The Morgan fingerprint density at radius 3 is 2.50 bits per heavy atom. The third-order valence-electron chi connectivity index (χ3n) is 3.27. The lowest BCUT2D eigenvalue weighted by Gasteiger charge is -2.33. The van der Waals surface area contributed by atoms with Gasteiger partial charge in [0.1, 0.15) is 0 Å². The zero-order valence-electron chi connectivity index (χ0n) is 11.8. The van der Waals surface area contributed by atoms with Gasteiger partial charge in [-0.05, 0) is 12.1 Å². The van der Waals surface area contributed by atoms with Crippen molar-refractivity contribution in [1.29, 1.82) is 5.26 Å². The molecule has 0 atom stereocenters. The van der Waals surface area contributed by atoms with Gasteiger partial charge in [0.05, 0.1) is 12.6 Å². The second-order valence-corrected chi connectivity index (χ2v) is 4.90. The first kappa shape index (κ1) is 14.2. The number of hydrogen-bond donors (Lipinski definition) is 0. The predicted octanol–water partition coefficient (Wildman–Crippen LogP) is -0.176. The van der Waals surface area contributed by atoms with Crippen molar-refractivity contribution in [3.05, 3.63) is 17.8 Å². The van der Waals surface area contributed by atoms with E-state index in [1.165, 1.54) is 4.90 Å². The first-order chi connectivity index (χ1) is 9.61. The van der Waals surface area contributed by atoms with E-state index < -0.39 is 0 Å². The van der Waals surface area contributed by atoms with E-state index in [0.29, 0.717) is 12.2 Å². The molecule has 0 spiro atoms. The van der Waals surface area contributed by atoms with E-state index >= 15 is 0 Å². The average Bonchev–Trinajstić information content (AvgIpc) is 2.48. The highest BCUT2D eigenvalue weighted by Crippen LogP contribution is 2.13. The van der Waals surface area contributed by atoms with Gasteiger partial charge < -0.3 is 9.80 Å². The SMILES string of the molecule is CN(C)C(=O)c1ccc(N2CCN(CC#N)CC2)nn1. The number of anilines is 1. The maximum atomic E-state index is 11.7. The molecular formula is C13H18N6O. The van der Waals surface area contributed by atoms with Crippen LogP contribution in [0.4, 0.5) is 5.82 Å². The summed E-state index contributed by atoms with van der Waals surface area (Å²) >= 11 is 0. The lowest BCUT2D eigenvalue weighted by Crippen LogP contribution is -2.46. The topological polar surface area (TPSA) is 76.4 Å². The second-order valence-electron chi connectivity index (χ2n) is 4.90. The first-order valence-electron chi connectivity index (χ1n) is 6.51. The van der Waals surface area contributed by atoms with Gasteiger partial charge in [-0.1, -0.05) is 0 Å². The summed E-state index contributed by atoms with van der Waals surface area (Å²) in [5, 5.41) is 16.8. The van der Waals surface area contributed by atoms with Gasteiger partial charge in [-0.15, -0.1) is 10.2 Å². The third kappa shape index (κ3) is 3.22. The van der Waals surface area contributed by atoms with E-state index in [1.807, 2.05) is 6.07 Å². The van der Waals surface area contributed by atoms with Crippen LogP contribution in [0.5, 0.6) is 0 Å². The number of nitrogens with zero attached hydrogens (tertiary/aromatic N) is 6. The number of carbonyl (C=O) groups excluding carboxylic acids is 1. The van der Waals surface area contributed by atoms with E-state index in [1.54, 1.807) is 20.2 Å². The molecule has 0 N–H and O–H groups in total. The van der Waals surface area contributed by atoms with Crippen molar-refractivity contribution in [3.8, 4) is 6.07 Å². The molecule has 2 rings (SSSR count). The summed E-state index contributed by atoms with van der Waals surface area (Å²) in [7, 11) is 3.37. The minimum Gasteiger partial charge on any atom is -0.353 e. The molecule has 1 aliphatic rings. The van der Waals surface area contributed by atoms with E-state index in [4.69, 9.17) is 5.26 Å². The number of hydrogen-bond acceptors (Lipinski definition) is 6. The zero-order chi connectivity index (χ0) is 14.5. The maximum absolute atomic E-state index is 11.7. The molecule has 7 heteroatoms. The fourth-order valence-electron chi connectivity index (χ4n) is 2.07. The van der Waals surface area contributed by atoms with E-state index in [-0.39, 0.29) is 5.91 Å². The van der Waals surface area contributed by atoms with E-state index in [2.05, 4.69) is 26.1 Å². The summed E-state index contributed by atoms with van der Waals surface area (Å²) in [6.07, 6.45) is 0. The molecule has 1 aromatic rings. The van der Waals surface area contributed by atoms with Gasteiger partial charge in [-0.2, -0.15) is 5.26 Å². The van der Waals surface area contributed by atoms with Crippen LogP contribution in [0, 0.1) is 11.3 Å². The fourth-order valence-corrected chi connectivity index (χ4v) is 2.07. The van der Waals surface area contributed by atoms with Crippen LogP contribution in [-0.2, 0) is 0 Å². The molecule has 1 amide bonds. The van der Waals surface area contributed by atoms with Crippen molar-refractivity contribution in [1.82, 2.24) is 20.0 Å². The van der Waals surface area contributed by atoms with E-state index in [9.17, 15) is 4.79 Å². The Labute approximate surface area is 118 Å². The zero-order valence-corrected chi connectivity index (χ0v) is 11.8. The Bertz CT molecular complexity index is 499. The fraction of sp³-hybridized carbons (Fsp3) is 0.538. The molecule has 0 radical (unpaired) electrons. The second kappa shape index (κ2) is 6.30. The van der Waals surface area contributed by atoms with Crippen LogP contribution in [0.25, 0.3) is 0 Å². The van der Waals surface area contributed by atoms with Crippen molar-refractivity contribution < 1.29 is 4.79 Å². The molecule has 0 saturated carbocycles. The summed E-state index contributed by atoms with van der Waals surface area (Å²) in [4.78, 5) is 17.4. The number of aromatic nitrogens is 2. The Balaban J connectivity index is 1.98. The standard InChI is InChI=1S/C13H18N6O/c1-17(2)13(20)11-3-4-12(16-15-11)19-9-7-18(6-5-14)8-10-19/h3-4H,6-10H2,1-2H3. The summed E-state index contributed by atoms with van der Waals surface area (Å²) in [6, 6.07) is 5.68. The highest BCUT2D eigenvalue weighted by atomic mass is 16.2. The van der Waals surface area contributed by atoms with Gasteiger partial charge in [0.2, 0.25) is 0 Å². The van der Waals surface area contributed by atoms with Crippen molar-refractivity contribution >= 4 is 11.7 Å². The smallest absolute Gasteiger partial charge is 0.273 e. The average molecular weight is 274 g/mol. The molecule has 1 fully saturated rings. The Morgan fingerprint density at radius 1 is 1.30 bits per heavy atom. The number of nitriles is 1. The normalized spacial score (nSPS) is 15.8. The van der Waals surface area contributed by atoms with Crippen LogP contribution in [-0.4, -0.2) is 72.7 Å². The molecule has 106 valence electrons. The van der Waals surface area contributed by atoms with Crippen LogP contribution < -0.4 is 4.90 Å². The minimum absolute atomic E-state index is 0.150. The lowest BCUT2D eigenvalue weighted by molar-refractivity contribution is 0.0821. The van der Waals surface area contributed by atoms with Crippen molar-refractivity contribution in [2.24, 2.45) is 0 Å². The Hall–Kier alpha value is -2.20. The Morgan fingerprint density at radius 2 is 2.00 bits per heavy atom. The molecule has 1 aliphatic heterocycles. The monoisotopic (exact) mass is 274 g/mol. The van der Waals surface area contributed by atoms with Crippen molar-refractivity contribution in [3.63, 3.8) is 0 Å². The maximum Gasteiger partial charge on any atom is 0.273 e. The molecule has 0 bridgehead atoms. The molecule has 0 aliphatic carbocycles. The molecule has 1 aromatic heterocycles. The molecule has 2 heterocycles. The summed E-state index contributed by atoms with van der Waals surface area (Å²) in [6.45, 7) is 3.78. The Kier molecular flexibility index (Phi) is 4.48. The largest absolute Gasteiger partial charge is 0.353 e. The van der Waals surface area contributed by atoms with Crippen LogP contribution in [0.3, 0.4) is 0 Å². The van der Waals surface area contributed by atoms with Gasteiger partial charge in [0.15, 0.2) is 11.5 Å². The van der Waals surface area contributed by atoms with Gasteiger partial charge in [-0.25, -0.2) is 0 Å². The number of carbonyl (C=O) groups is 1. The summed E-state index contributed by atoms with van der Waals surface area (Å²) < 4.78 is 0. The quantitative estimate of drug-likeness (QED) is 0.712. The van der Waals surface area contributed by atoms with Crippen LogP contribution in [0.1, 0.15) is 10.5 Å². The molecule has 20 heavy (non-hydrogen) atoms. The highest BCUT2D eigenvalue weighted by Gasteiger charge is 2.18. The summed E-state index contributed by atoms with van der Waals surface area (Å²) in [5.74, 6) is 0.625. The highest BCUT2D eigenvalue weighted by molar-refractivity contribution is 5.91. The van der Waals surface area contributed by atoms with Crippen LogP contribution >= 0.6 is 0 Å². The third-order valence-corrected chi connectivity index (χ3v) is 3.27. The summed E-state index contributed by atoms with van der Waals surface area (Å²) in [5.41, 5.74) is 0.349. The molecule has 0 unspecified atom stereocenters. The van der Waals surface area contributed by atoms with Crippen LogP contribution in [0.15, 0.2) is 12.1 Å². The predicted molar refractivity (Wildman–Crippen MR) is 74.3 cm³/mol. The molecule has 1 saturated heterocycles. The van der Waals surface area contributed by atoms with Crippen molar-refractivity contribution in [2.75, 3.05) is 51.7 Å². The van der Waals surface area contributed by atoms with Gasteiger partial charge >= 0.3 is 0 Å². The molecule has 7 nitrogen and oxygen atoms in total. The van der Waals surface area contributed by atoms with Gasteiger partial charge in [-0.3, -0.25) is 9.69 Å². The molecular weight excluding hydrogens is 256 g/mol. The van der Waals surface area contributed by atoms with Gasteiger partial charge in [0, 0.05) is 40.3 Å². The first-order valence-corrected chi connectivity index (χ1v) is 6.51. The van der Waals surface area contributed by atoms with E-state index in [0.717, 1.165) is 32.0 Å². The molecule has 0 aromatic carbocycles. The number of piperazine rings is 1. The lowest BCUT2D eigenvalue weighted by atomic mass is 10.3. The minimum atomic E-state index is -0.150. The van der Waals surface area contributed by atoms with Crippen molar-refractivity contribution in [2.45, 2.75) is 0 Å². The number of amides is 1. The number of rotatable bonds is 3. The van der Waals surface area contributed by atoms with Crippen LogP contribution in [0.2, 0.25) is 0 Å².